The van der Waals surface area contributed by atoms with Gasteiger partial charge in [0.25, 0.3) is 0 Å². The van der Waals surface area contributed by atoms with Crippen molar-refractivity contribution in [2.24, 2.45) is 5.92 Å². The summed E-state index contributed by atoms with van der Waals surface area (Å²) < 4.78 is 0. The minimum Gasteiger partial charge on any atom is -0.294 e. The molecule has 0 saturated carbocycles. The molecule has 16 heavy (non-hydrogen) atoms. The Morgan fingerprint density at radius 3 is 2.44 bits per heavy atom. The average molecular weight is 259 g/mol. The summed E-state index contributed by atoms with van der Waals surface area (Å²) in [6.07, 6.45) is 2.58. The quantitative estimate of drug-likeness (QED) is 0.680. The molecule has 0 aromatic heterocycles. The van der Waals surface area contributed by atoms with E-state index in [0.717, 1.165) is 12.8 Å². The lowest BCUT2D eigenvalue weighted by atomic mass is 9.94. The number of halogens is 2. The van der Waals surface area contributed by atoms with Crippen molar-refractivity contribution in [3.8, 4) is 0 Å². The van der Waals surface area contributed by atoms with Gasteiger partial charge in [-0.05, 0) is 18.1 Å². The Kier molecular flexibility index (Phi) is 5.30. The molecule has 0 aliphatic heterocycles. The van der Waals surface area contributed by atoms with E-state index in [1.165, 1.54) is 0 Å². The van der Waals surface area contributed by atoms with Gasteiger partial charge in [-0.25, -0.2) is 0 Å². The third kappa shape index (κ3) is 3.23. The van der Waals surface area contributed by atoms with Gasteiger partial charge in [-0.2, -0.15) is 0 Å². The van der Waals surface area contributed by atoms with Crippen molar-refractivity contribution in [1.82, 2.24) is 0 Å². The summed E-state index contributed by atoms with van der Waals surface area (Å²) in [5, 5.41) is 0.817. The number of rotatable bonds is 5. The molecule has 88 valence electrons. The van der Waals surface area contributed by atoms with Crippen molar-refractivity contribution >= 4 is 29.0 Å². The number of hydrogen-bond donors (Lipinski definition) is 0. The Morgan fingerprint density at radius 2 is 1.88 bits per heavy atom. The molecule has 0 atom stereocenters. The zero-order chi connectivity index (χ0) is 12.1. The van der Waals surface area contributed by atoms with E-state index in [1.807, 2.05) is 0 Å². The SMILES string of the molecule is CCC(CC)CC(=O)c1cccc(Cl)c1Cl. The standard InChI is InChI=1S/C13H16Cl2O/c1-3-9(4-2)8-12(16)10-6-5-7-11(14)13(10)15/h5-7,9H,3-4,8H2,1-2H3. The fourth-order valence-electron chi connectivity index (χ4n) is 1.67. The summed E-state index contributed by atoms with van der Waals surface area (Å²) in [6.45, 7) is 4.20. The van der Waals surface area contributed by atoms with Gasteiger partial charge >= 0.3 is 0 Å². The first-order chi connectivity index (χ1) is 7.60. The summed E-state index contributed by atoms with van der Waals surface area (Å²) in [7, 11) is 0. The zero-order valence-corrected chi connectivity index (χ0v) is 11.1. The summed E-state index contributed by atoms with van der Waals surface area (Å²) in [4.78, 5) is 12.0. The first-order valence-corrected chi connectivity index (χ1v) is 6.32. The van der Waals surface area contributed by atoms with Gasteiger partial charge in [0.15, 0.2) is 5.78 Å². The molecule has 0 radical (unpaired) electrons. The van der Waals surface area contributed by atoms with Crippen LogP contribution in [0.4, 0.5) is 0 Å². The van der Waals surface area contributed by atoms with Crippen LogP contribution in [0.1, 0.15) is 43.5 Å². The predicted octanol–water partition coefficient (Wildman–Crippen LogP) is 5.00. The van der Waals surface area contributed by atoms with E-state index in [9.17, 15) is 4.79 Å². The number of carbonyl (C=O) groups excluding carboxylic acids is 1. The molecule has 0 saturated heterocycles. The van der Waals surface area contributed by atoms with E-state index in [0.29, 0.717) is 27.9 Å². The Hall–Kier alpha value is -0.530. The minimum atomic E-state index is 0.0844. The summed E-state index contributed by atoms with van der Waals surface area (Å²) in [5.41, 5.74) is 0.543. The largest absolute Gasteiger partial charge is 0.294 e. The van der Waals surface area contributed by atoms with Gasteiger partial charge in [-0.15, -0.1) is 0 Å². The van der Waals surface area contributed by atoms with Crippen LogP contribution in [0.5, 0.6) is 0 Å². The van der Waals surface area contributed by atoms with Crippen LogP contribution in [0.25, 0.3) is 0 Å². The zero-order valence-electron chi connectivity index (χ0n) is 9.59. The molecule has 0 N–H and O–H groups in total. The molecule has 0 aliphatic rings. The van der Waals surface area contributed by atoms with Crippen LogP contribution in [-0.4, -0.2) is 5.78 Å². The fraction of sp³-hybridized carbons (Fsp3) is 0.462. The highest BCUT2D eigenvalue weighted by molar-refractivity contribution is 6.43. The Bertz CT molecular complexity index is 370. The molecule has 0 aliphatic carbocycles. The molecule has 0 heterocycles. The molecule has 0 unspecified atom stereocenters. The normalized spacial score (nSPS) is 10.8. The Balaban J connectivity index is 2.84. The second-order valence-electron chi connectivity index (χ2n) is 3.91. The molecular weight excluding hydrogens is 243 g/mol. The molecule has 3 heteroatoms. The maximum absolute atomic E-state index is 12.0. The molecular formula is C13H16Cl2O. The van der Waals surface area contributed by atoms with Gasteiger partial charge in [-0.3, -0.25) is 4.79 Å². The molecule has 1 nitrogen and oxygen atoms in total. The van der Waals surface area contributed by atoms with E-state index in [4.69, 9.17) is 23.2 Å². The lowest BCUT2D eigenvalue weighted by Gasteiger charge is -2.11. The number of ketones is 1. The van der Waals surface area contributed by atoms with E-state index >= 15 is 0 Å². The van der Waals surface area contributed by atoms with Gasteiger partial charge in [0, 0.05) is 12.0 Å². The third-order valence-electron chi connectivity index (χ3n) is 2.88. The minimum absolute atomic E-state index is 0.0844. The van der Waals surface area contributed by atoms with Crippen molar-refractivity contribution in [2.45, 2.75) is 33.1 Å². The number of carbonyl (C=O) groups is 1. The lowest BCUT2D eigenvalue weighted by molar-refractivity contribution is 0.0959. The van der Waals surface area contributed by atoms with Crippen molar-refractivity contribution in [1.29, 1.82) is 0 Å². The molecule has 0 amide bonds. The predicted molar refractivity (Wildman–Crippen MR) is 69.5 cm³/mol. The van der Waals surface area contributed by atoms with Gasteiger partial charge in [0.1, 0.15) is 0 Å². The smallest absolute Gasteiger partial charge is 0.164 e. The Labute approximate surface area is 107 Å². The van der Waals surface area contributed by atoms with Crippen LogP contribution >= 0.6 is 23.2 Å². The first-order valence-electron chi connectivity index (χ1n) is 5.57. The highest BCUT2D eigenvalue weighted by atomic mass is 35.5. The van der Waals surface area contributed by atoms with Gasteiger partial charge in [0.2, 0.25) is 0 Å². The van der Waals surface area contributed by atoms with Crippen LogP contribution in [0.2, 0.25) is 10.0 Å². The maximum atomic E-state index is 12.0. The monoisotopic (exact) mass is 258 g/mol. The lowest BCUT2D eigenvalue weighted by Crippen LogP contribution is -2.08. The van der Waals surface area contributed by atoms with Crippen LogP contribution in [0, 0.1) is 5.92 Å². The molecule has 0 fully saturated rings. The molecule has 1 rings (SSSR count). The van der Waals surface area contributed by atoms with Gasteiger partial charge in [0.05, 0.1) is 10.0 Å². The van der Waals surface area contributed by atoms with E-state index < -0.39 is 0 Å². The summed E-state index contributed by atoms with van der Waals surface area (Å²) >= 11 is 11.9. The highest BCUT2D eigenvalue weighted by Gasteiger charge is 2.16. The van der Waals surface area contributed by atoms with Crippen LogP contribution < -0.4 is 0 Å². The van der Waals surface area contributed by atoms with Crippen molar-refractivity contribution in [3.63, 3.8) is 0 Å². The van der Waals surface area contributed by atoms with Crippen molar-refractivity contribution in [3.05, 3.63) is 33.8 Å². The second-order valence-corrected chi connectivity index (χ2v) is 4.70. The van der Waals surface area contributed by atoms with E-state index in [2.05, 4.69) is 13.8 Å². The van der Waals surface area contributed by atoms with Crippen molar-refractivity contribution in [2.75, 3.05) is 0 Å². The molecule has 1 aromatic carbocycles. The number of hydrogen-bond acceptors (Lipinski definition) is 1. The second kappa shape index (κ2) is 6.27. The van der Waals surface area contributed by atoms with E-state index in [1.54, 1.807) is 18.2 Å². The van der Waals surface area contributed by atoms with E-state index in [-0.39, 0.29) is 5.78 Å². The maximum Gasteiger partial charge on any atom is 0.164 e. The fourth-order valence-corrected chi connectivity index (χ4v) is 2.07. The van der Waals surface area contributed by atoms with Crippen molar-refractivity contribution < 1.29 is 4.79 Å². The molecule has 1 aromatic rings. The summed E-state index contributed by atoms with van der Waals surface area (Å²) in [6, 6.07) is 5.19. The average Bonchev–Trinajstić information content (AvgIpc) is 2.29. The number of Topliss-reactive ketones (excluding diaryl/α,β-unsaturated/α-hetero) is 1. The highest BCUT2D eigenvalue weighted by Crippen LogP contribution is 2.27. The third-order valence-corrected chi connectivity index (χ3v) is 3.70. The van der Waals surface area contributed by atoms with Gasteiger partial charge in [-0.1, -0.05) is 56.0 Å². The first kappa shape index (κ1) is 13.5. The summed E-state index contributed by atoms with van der Waals surface area (Å²) in [5.74, 6) is 0.517. The van der Waals surface area contributed by atoms with Gasteiger partial charge < -0.3 is 0 Å². The topological polar surface area (TPSA) is 17.1 Å². The Morgan fingerprint density at radius 1 is 1.25 bits per heavy atom. The number of benzene rings is 1. The van der Waals surface area contributed by atoms with Crippen LogP contribution in [0.3, 0.4) is 0 Å². The molecule has 0 bridgehead atoms. The van der Waals surface area contributed by atoms with Crippen LogP contribution in [0.15, 0.2) is 18.2 Å². The van der Waals surface area contributed by atoms with Crippen LogP contribution in [-0.2, 0) is 0 Å². The molecule has 0 spiro atoms.